The van der Waals surface area contributed by atoms with Crippen LogP contribution in [0, 0.1) is 6.92 Å². The van der Waals surface area contributed by atoms with Gasteiger partial charge in [-0.15, -0.1) is 0 Å². The number of hydrogen-bond donors (Lipinski definition) is 1. The zero-order chi connectivity index (χ0) is 15.5. The van der Waals surface area contributed by atoms with Crippen molar-refractivity contribution in [1.29, 1.82) is 0 Å². The third-order valence-electron chi connectivity index (χ3n) is 3.35. The van der Waals surface area contributed by atoms with Crippen LogP contribution in [-0.4, -0.2) is 21.5 Å². The molecule has 1 N–H and O–H groups in total. The molecule has 0 radical (unpaired) electrons. The summed E-state index contributed by atoms with van der Waals surface area (Å²) >= 11 is 1.66. The van der Waals surface area contributed by atoms with E-state index in [0.29, 0.717) is 12.3 Å². The number of rotatable bonds is 5. The van der Waals surface area contributed by atoms with Gasteiger partial charge in [-0.25, -0.2) is 4.98 Å². The molecule has 0 aliphatic heterocycles. The third kappa shape index (κ3) is 3.01. The highest BCUT2D eigenvalue weighted by Gasteiger charge is 2.11. The van der Waals surface area contributed by atoms with Crippen LogP contribution in [0.4, 0.5) is 0 Å². The van der Waals surface area contributed by atoms with Gasteiger partial charge in [-0.05, 0) is 37.4 Å². The largest absolute Gasteiger partial charge is 0.455 e. The van der Waals surface area contributed by atoms with Gasteiger partial charge in [0.05, 0.1) is 18.0 Å². The molecule has 0 saturated heterocycles. The number of fused-ring (bicyclic) bond motifs is 1. The predicted octanol–water partition coefficient (Wildman–Crippen LogP) is 3.03. The van der Waals surface area contributed by atoms with Crippen LogP contribution in [0.3, 0.4) is 0 Å². The number of aryl methyl sites for hydroxylation is 1. The quantitative estimate of drug-likeness (QED) is 0.786. The summed E-state index contributed by atoms with van der Waals surface area (Å²) in [7, 11) is 0. The summed E-state index contributed by atoms with van der Waals surface area (Å²) in [5, 5.41) is 2.84. The van der Waals surface area contributed by atoms with Crippen molar-refractivity contribution in [2.45, 2.75) is 19.2 Å². The number of carbonyl (C=O) groups excluding carboxylic acids is 1. The van der Waals surface area contributed by atoms with E-state index in [9.17, 15) is 4.79 Å². The molecule has 0 aliphatic rings. The second kappa shape index (κ2) is 6.27. The Kier molecular flexibility index (Phi) is 4.20. The number of carbonyl (C=O) groups is 1. The van der Waals surface area contributed by atoms with Crippen molar-refractivity contribution in [2.75, 3.05) is 6.26 Å². The first kappa shape index (κ1) is 14.7. The Morgan fingerprint density at radius 1 is 1.36 bits per heavy atom. The molecular formula is C16H17N3O2S. The Balaban J connectivity index is 1.67. The summed E-state index contributed by atoms with van der Waals surface area (Å²) in [5.41, 5.74) is 2.80. The molecule has 0 saturated carbocycles. The van der Waals surface area contributed by atoms with Gasteiger partial charge in [0.15, 0.2) is 5.76 Å². The van der Waals surface area contributed by atoms with E-state index >= 15 is 0 Å². The Morgan fingerprint density at radius 2 is 2.23 bits per heavy atom. The van der Waals surface area contributed by atoms with Crippen molar-refractivity contribution >= 4 is 23.3 Å². The molecule has 22 heavy (non-hydrogen) atoms. The topological polar surface area (TPSA) is 59.5 Å². The third-order valence-corrected chi connectivity index (χ3v) is 3.92. The van der Waals surface area contributed by atoms with E-state index in [4.69, 9.17) is 4.42 Å². The van der Waals surface area contributed by atoms with E-state index in [1.165, 1.54) is 0 Å². The standard InChI is InChI=1S/C16H17N3O2S/c1-11-4-3-5-15-18-12(9-19(11)15)8-17-16(20)14-7-6-13(21-14)10-22-2/h3-7,9H,8,10H2,1-2H3,(H,17,20). The Hall–Kier alpha value is -2.21. The smallest absolute Gasteiger partial charge is 0.287 e. The minimum atomic E-state index is -0.221. The Labute approximate surface area is 132 Å². The van der Waals surface area contributed by atoms with Crippen LogP contribution in [0.25, 0.3) is 5.65 Å². The number of nitrogens with zero attached hydrogens (tertiary/aromatic N) is 2. The number of hydrogen-bond acceptors (Lipinski definition) is 4. The molecule has 1 amide bonds. The maximum Gasteiger partial charge on any atom is 0.287 e. The molecule has 0 aromatic carbocycles. The van der Waals surface area contributed by atoms with Crippen molar-refractivity contribution in [3.63, 3.8) is 0 Å². The highest BCUT2D eigenvalue weighted by Crippen LogP contribution is 2.13. The minimum absolute atomic E-state index is 0.221. The van der Waals surface area contributed by atoms with Crippen LogP contribution < -0.4 is 5.32 Å². The second-order valence-electron chi connectivity index (χ2n) is 5.01. The zero-order valence-electron chi connectivity index (χ0n) is 12.5. The second-order valence-corrected chi connectivity index (χ2v) is 5.88. The number of furan rings is 1. The van der Waals surface area contributed by atoms with Gasteiger partial charge in [0.1, 0.15) is 11.4 Å². The molecule has 3 aromatic heterocycles. The molecule has 0 atom stereocenters. The van der Waals surface area contributed by atoms with Gasteiger partial charge in [0.2, 0.25) is 0 Å². The van der Waals surface area contributed by atoms with Gasteiger partial charge < -0.3 is 14.1 Å². The van der Waals surface area contributed by atoms with Crippen molar-refractivity contribution < 1.29 is 9.21 Å². The van der Waals surface area contributed by atoms with Crippen LogP contribution in [0.15, 0.2) is 40.9 Å². The number of amides is 1. The van der Waals surface area contributed by atoms with Crippen LogP contribution in [0.5, 0.6) is 0 Å². The normalized spacial score (nSPS) is 11.0. The van der Waals surface area contributed by atoms with E-state index < -0.39 is 0 Å². The van der Waals surface area contributed by atoms with Crippen molar-refractivity contribution in [3.8, 4) is 0 Å². The summed E-state index contributed by atoms with van der Waals surface area (Å²) in [6.07, 6.45) is 3.93. The molecule has 114 valence electrons. The van der Waals surface area contributed by atoms with E-state index in [1.807, 2.05) is 48.0 Å². The molecule has 5 nitrogen and oxygen atoms in total. The SMILES string of the molecule is CSCc1ccc(C(=O)NCc2cn3c(C)cccc3n2)o1. The lowest BCUT2D eigenvalue weighted by molar-refractivity contribution is 0.0921. The van der Waals surface area contributed by atoms with E-state index in [0.717, 1.165) is 28.5 Å². The van der Waals surface area contributed by atoms with Crippen LogP contribution in [0.1, 0.15) is 27.7 Å². The molecule has 6 heteroatoms. The molecule has 3 rings (SSSR count). The van der Waals surface area contributed by atoms with Crippen LogP contribution in [-0.2, 0) is 12.3 Å². The lowest BCUT2D eigenvalue weighted by atomic mass is 10.4. The fraction of sp³-hybridized carbons (Fsp3) is 0.250. The molecule has 3 heterocycles. The van der Waals surface area contributed by atoms with E-state index in [2.05, 4.69) is 10.3 Å². The number of imidazole rings is 1. The Bertz CT molecular complexity index is 807. The van der Waals surface area contributed by atoms with Gasteiger partial charge in [-0.2, -0.15) is 11.8 Å². The first-order valence-corrected chi connectivity index (χ1v) is 8.36. The average molecular weight is 315 g/mol. The highest BCUT2D eigenvalue weighted by molar-refractivity contribution is 7.97. The maximum atomic E-state index is 12.1. The van der Waals surface area contributed by atoms with E-state index in [-0.39, 0.29) is 5.91 Å². The molecule has 0 fully saturated rings. The monoisotopic (exact) mass is 315 g/mol. The molecule has 0 bridgehead atoms. The van der Waals surface area contributed by atoms with Gasteiger partial charge in [-0.1, -0.05) is 6.07 Å². The first-order valence-electron chi connectivity index (χ1n) is 6.97. The molecule has 0 unspecified atom stereocenters. The number of pyridine rings is 1. The summed E-state index contributed by atoms with van der Waals surface area (Å²) in [4.78, 5) is 16.6. The van der Waals surface area contributed by atoms with Gasteiger partial charge in [0.25, 0.3) is 5.91 Å². The molecule has 0 spiro atoms. The summed E-state index contributed by atoms with van der Waals surface area (Å²) in [5.74, 6) is 1.69. The number of nitrogens with one attached hydrogen (secondary N) is 1. The Morgan fingerprint density at radius 3 is 3.00 bits per heavy atom. The first-order chi connectivity index (χ1) is 10.7. The van der Waals surface area contributed by atoms with E-state index in [1.54, 1.807) is 17.8 Å². The fourth-order valence-electron chi connectivity index (χ4n) is 2.26. The number of aromatic nitrogens is 2. The molecule has 0 aliphatic carbocycles. The van der Waals surface area contributed by atoms with Crippen molar-refractivity contribution in [2.24, 2.45) is 0 Å². The van der Waals surface area contributed by atoms with Crippen molar-refractivity contribution in [1.82, 2.24) is 14.7 Å². The van der Waals surface area contributed by atoms with Crippen molar-refractivity contribution in [3.05, 3.63) is 59.4 Å². The molecule has 3 aromatic rings. The predicted molar refractivity (Wildman–Crippen MR) is 87.0 cm³/mol. The number of thioether (sulfide) groups is 1. The average Bonchev–Trinajstić information content (AvgIpc) is 3.12. The zero-order valence-corrected chi connectivity index (χ0v) is 13.3. The lowest BCUT2D eigenvalue weighted by Crippen LogP contribution is -2.22. The lowest BCUT2D eigenvalue weighted by Gasteiger charge is -2.00. The highest BCUT2D eigenvalue weighted by atomic mass is 32.2. The molecular weight excluding hydrogens is 298 g/mol. The fourth-order valence-corrected chi connectivity index (χ4v) is 2.70. The minimum Gasteiger partial charge on any atom is -0.455 e. The summed E-state index contributed by atoms with van der Waals surface area (Å²) in [6, 6.07) is 9.47. The summed E-state index contributed by atoms with van der Waals surface area (Å²) in [6.45, 7) is 2.39. The van der Waals surface area contributed by atoms with Crippen LogP contribution >= 0.6 is 11.8 Å². The summed E-state index contributed by atoms with van der Waals surface area (Å²) < 4.78 is 7.50. The van der Waals surface area contributed by atoms with Crippen LogP contribution in [0.2, 0.25) is 0 Å². The van der Waals surface area contributed by atoms with Gasteiger partial charge in [0, 0.05) is 11.9 Å². The van der Waals surface area contributed by atoms with Gasteiger partial charge >= 0.3 is 0 Å². The maximum absolute atomic E-state index is 12.1. The van der Waals surface area contributed by atoms with Gasteiger partial charge in [-0.3, -0.25) is 4.79 Å².